The van der Waals surface area contributed by atoms with Gasteiger partial charge in [-0.25, -0.2) is 14.6 Å². The van der Waals surface area contributed by atoms with Crippen LogP contribution < -0.4 is 11.1 Å². The van der Waals surface area contributed by atoms with E-state index in [1.54, 1.807) is 25.3 Å². The maximum absolute atomic E-state index is 13.2. The highest BCUT2D eigenvalue weighted by Gasteiger charge is 2.55. The number of hydrogen-bond acceptors (Lipinski definition) is 15. The fourth-order valence-electron chi connectivity index (χ4n) is 4.02. The number of allylic oxidation sites excluding steroid dienone is 1. The highest BCUT2D eigenvalue weighted by Crippen LogP contribution is 2.47. The molecule has 4 heterocycles. The van der Waals surface area contributed by atoms with Crippen molar-refractivity contribution in [3.8, 4) is 0 Å². The number of methoxy groups -OCH3 is 1. The number of carbonyl (C=O) groups excluding carboxylic acids is 3. The molecule has 2 amide bonds. The molecule has 2 aliphatic heterocycles. The molecule has 0 radical (unpaired) electrons. The monoisotopic (exact) mass is 724 g/mol. The van der Waals surface area contributed by atoms with Crippen LogP contribution in [0, 0.1) is 5.41 Å². The van der Waals surface area contributed by atoms with E-state index in [0.717, 1.165) is 52.6 Å². The minimum Gasteiger partial charge on any atom is -0.481 e. The van der Waals surface area contributed by atoms with Crippen LogP contribution in [0.3, 0.4) is 0 Å². The minimum atomic E-state index is -1.33. The highest BCUT2D eigenvalue weighted by atomic mass is 32.2. The largest absolute Gasteiger partial charge is 0.481 e. The molecule has 0 bridgehead atoms. The van der Waals surface area contributed by atoms with Gasteiger partial charge in [0.25, 0.3) is 11.8 Å². The number of oxime groups is 1. The smallest absolute Gasteiger partial charge is 0.376 e. The molecule has 260 valence electrons. The number of unbranched alkanes of at least 4 members (excludes halogenated alkanes) is 1. The number of ether oxygens (including phenoxy) is 1. The number of rotatable bonds is 12. The predicted octanol–water partition coefficient (Wildman–Crippen LogP) is 2.42. The van der Waals surface area contributed by atoms with Crippen molar-refractivity contribution < 1.29 is 43.8 Å². The summed E-state index contributed by atoms with van der Waals surface area (Å²) in [6.45, 7) is 11.5. The lowest BCUT2D eigenvalue weighted by atomic mass is 9.98. The fourth-order valence-corrected chi connectivity index (χ4v) is 6.92. The molecule has 2 aliphatic rings. The molecule has 0 aromatic carbocycles. The third-order valence-corrected chi connectivity index (χ3v) is 9.55. The molecule has 1 fully saturated rings. The Hall–Kier alpha value is -4.43. The summed E-state index contributed by atoms with van der Waals surface area (Å²) in [6, 6.07) is -1.05. The summed E-state index contributed by atoms with van der Waals surface area (Å²) in [6.07, 6.45) is 1.61. The van der Waals surface area contributed by atoms with Gasteiger partial charge in [0, 0.05) is 28.2 Å². The average Bonchev–Trinajstić information content (AvgIpc) is 3.65. The Morgan fingerprint density at radius 3 is 2.40 bits per heavy atom. The molecule has 0 aliphatic carbocycles. The number of aromatic nitrogens is 4. The standard InChI is InChI=1S/C23H26N8O7S3.C5H10O2/c1-5-6-7-30-16(21(36)37-3)27-28-23(30)40-8-11-10(2)41-19-14(18(33)31(19)15(11)20(34)35)26-17(32)13(29-38-4)12-9-39-22(24)25-12;1-5(2,3)4(6)7/h9,14,19H,2,5-8H2,1,3-4H3,(H2,24,25)(H,26,32)(H,34,35);1-3H3,(H,6,7)/b29-13-;/t14-,19-;/m1./s1. The second-order valence-electron chi connectivity index (χ2n) is 11.1. The number of nitrogens with one attached hydrogen (secondary N) is 1. The summed E-state index contributed by atoms with van der Waals surface area (Å²) < 4.78 is 6.42. The average molecular weight is 725 g/mol. The van der Waals surface area contributed by atoms with Crippen LogP contribution in [0.1, 0.15) is 56.8 Å². The Morgan fingerprint density at radius 1 is 1.21 bits per heavy atom. The molecule has 48 heavy (non-hydrogen) atoms. The number of aliphatic carboxylic acids is 2. The number of nitrogen functional groups attached to an aromatic ring is 1. The van der Waals surface area contributed by atoms with Gasteiger partial charge in [0.15, 0.2) is 16.0 Å². The van der Waals surface area contributed by atoms with Gasteiger partial charge in [0.1, 0.15) is 29.9 Å². The van der Waals surface area contributed by atoms with Gasteiger partial charge in [0.05, 0.1) is 12.5 Å². The molecule has 0 saturated carbocycles. The molecule has 2 atom stereocenters. The number of nitrogens with two attached hydrogens (primary N) is 1. The maximum atomic E-state index is 13.2. The van der Waals surface area contributed by atoms with Crippen LogP contribution in [-0.2, 0) is 35.3 Å². The second kappa shape index (κ2) is 16.1. The zero-order chi connectivity index (χ0) is 35.9. The van der Waals surface area contributed by atoms with Gasteiger partial charge in [-0.1, -0.05) is 48.6 Å². The van der Waals surface area contributed by atoms with Crippen molar-refractivity contribution in [1.29, 1.82) is 0 Å². The number of esters is 1. The SMILES string of the molecule is C=C1S[C@@H]2[C@H](NC(=O)/C(=N\OC)c3csc(N)n3)C(=O)N2C(C(=O)O)=C1CSc1nnc(C(=O)OC)n1CCCC.CC(C)(C)C(=O)O. The Labute approximate surface area is 288 Å². The van der Waals surface area contributed by atoms with Crippen LogP contribution in [-0.4, -0.2) is 102 Å². The molecule has 5 N–H and O–H groups in total. The van der Waals surface area contributed by atoms with Gasteiger partial charge in [-0.2, -0.15) is 0 Å². The summed E-state index contributed by atoms with van der Waals surface area (Å²) in [5, 5.41) is 34.0. The number of thiazole rings is 1. The van der Waals surface area contributed by atoms with Crippen LogP contribution in [0.5, 0.6) is 0 Å². The first-order valence-electron chi connectivity index (χ1n) is 14.2. The van der Waals surface area contributed by atoms with Gasteiger partial charge < -0.3 is 30.8 Å². The van der Waals surface area contributed by atoms with Crippen LogP contribution >= 0.6 is 34.9 Å². The van der Waals surface area contributed by atoms with Crippen molar-refractivity contribution in [2.75, 3.05) is 25.7 Å². The third kappa shape index (κ3) is 8.53. The molecule has 0 unspecified atom stereocenters. The molecule has 4 rings (SSSR count). The molecule has 20 heteroatoms. The third-order valence-electron chi connectivity index (χ3n) is 6.63. The van der Waals surface area contributed by atoms with Crippen molar-refractivity contribution in [3.05, 3.63) is 39.7 Å². The van der Waals surface area contributed by atoms with Crippen LogP contribution in [0.25, 0.3) is 0 Å². The first-order chi connectivity index (χ1) is 22.6. The summed E-state index contributed by atoms with van der Waals surface area (Å²) >= 11 is 3.41. The lowest BCUT2D eigenvalue weighted by Crippen LogP contribution is -2.70. The molecular weight excluding hydrogens is 689 g/mol. The maximum Gasteiger partial charge on any atom is 0.376 e. The first kappa shape index (κ1) is 38.0. The molecule has 0 spiro atoms. The Bertz CT molecular complexity index is 1660. The van der Waals surface area contributed by atoms with E-state index < -0.39 is 46.6 Å². The molecule has 2 aromatic heterocycles. The zero-order valence-electron chi connectivity index (χ0n) is 27.0. The second-order valence-corrected chi connectivity index (χ2v) is 14.1. The number of carbonyl (C=O) groups is 5. The molecule has 2 aromatic rings. The van der Waals surface area contributed by atoms with Crippen LogP contribution in [0.2, 0.25) is 0 Å². The molecule has 17 nitrogen and oxygen atoms in total. The van der Waals surface area contributed by atoms with E-state index in [1.165, 1.54) is 19.6 Å². The summed E-state index contributed by atoms with van der Waals surface area (Å²) in [5.41, 5.74) is 5.13. The number of thioether (sulfide) groups is 2. The van der Waals surface area contributed by atoms with Gasteiger partial charge in [-0.15, -0.1) is 21.5 Å². The van der Waals surface area contributed by atoms with E-state index in [4.69, 9.17) is 20.4 Å². The Kier molecular flexibility index (Phi) is 12.8. The lowest BCUT2D eigenvalue weighted by molar-refractivity contribution is -0.150. The van der Waals surface area contributed by atoms with Crippen molar-refractivity contribution in [2.45, 2.75) is 63.7 Å². The number of hydrogen-bond donors (Lipinski definition) is 4. The van der Waals surface area contributed by atoms with Crippen molar-refractivity contribution >= 4 is 75.4 Å². The fraction of sp³-hybridized carbons (Fsp3) is 0.464. The van der Waals surface area contributed by atoms with Gasteiger partial charge in [-0.05, 0) is 27.2 Å². The van der Waals surface area contributed by atoms with Crippen LogP contribution in [0.15, 0.2) is 38.4 Å². The van der Waals surface area contributed by atoms with E-state index in [2.05, 4.69) is 32.2 Å². The summed E-state index contributed by atoms with van der Waals surface area (Å²) in [7, 11) is 2.50. The normalized spacial score (nSPS) is 17.5. The van der Waals surface area contributed by atoms with Gasteiger partial charge >= 0.3 is 17.9 Å². The highest BCUT2D eigenvalue weighted by molar-refractivity contribution is 8.04. The number of carboxylic acid groups (broad SMARTS) is 2. The predicted molar refractivity (Wildman–Crippen MR) is 178 cm³/mol. The zero-order valence-corrected chi connectivity index (χ0v) is 29.5. The minimum absolute atomic E-state index is 0.0426. The lowest BCUT2D eigenvalue weighted by Gasteiger charge is -2.49. The number of β-lactam (4-membered cyclic amide) rings is 1. The number of fused-ring (bicyclic) bond motifs is 1. The van der Waals surface area contributed by atoms with E-state index in [-0.39, 0.29) is 33.8 Å². The van der Waals surface area contributed by atoms with E-state index >= 15 is 0 Å². The first-order valence-corrected chi connectivity index (χ1v) is 17.0. The topological polar surface area (TPSA) is 242 Å². The molecule has 1 saturated heterocycles. The van der Waals surface area contributed by atoms with Gasteiger partial charge in [-0.3, -0.25) is 23.9 Å². The number of carboxylic acids is 2. The number of anilines is 1. The summed E-state index contributed by atoms with van der Waals surface area (Å²) in [4.78, 5) is 71.0. The van der Waals surface area contributed by atoms with E-state index in [1.807, 2.05) is 6.92 Å². The van der Waals surface area contributed by atoms with Crippen molar-refractivity contribution in [2.24, 2.45) is 10.6 Å². The van der Waals surface area contributed by atoms with Crippen LogP contribution in [0.4, 0.5) is 5.13 Å². The quantitative estimate of drug-likeness (QED) is 0.0808. The Balaban J connectivity index is 0.000000804. The van der Waals surface area contributed by atoms with E-state index in [9.17, 15) is 29.1 Å². The molecular formula is C28H36N8O9S3. The van der Waals surface area contributed by atoms with Crippen molar-refractivity contribution in [3.63, 3.8) is 0 Å². The van der Waals surface area contributed by atoms with E-state index in [0.29, 0.717) is 22.2 Å². The number of nitrogens with zero attached hydrogens (tertiary/aromatic N) is 6. The Morgan fingerprint density at radius 2 is 1.88 bits per heavy atom. The number of amides is 2. The van der Waals surface area contributed by atoms with Crippen molar-refractivity contribution in [1.82, 2.24) is 30.0 Å². The summed E-state index contributed by atoms with van der Waals surface area (Å²) in [5.74, 6) is -3.95. The van der Waals surface area contributed by atoms with Gasteiger partial charge in [0.2, 0.25) is 5.82 Å².